The Morgan fingerprint density at radius 1 is 1.24 bits per heavy atom. The maximum Gasteiger partial charge on any atom is 0.207 e. The number of hydrogen-bond acceptors (Lipinski definition) is 7. The number of aromatic nitrogens is 3. The molecule has 2 aromatic heterocycles. The van der Waals surface area contributed by atoms with Gasteiger partial charge in [-0.05, 0) is 43.5 Å². The van der Waals surface area contributed by atoms with Crippen LogP contribution >= 0.6 is 11.8 Å². The van der Waals surface area contributed by atoms with Gasteiger partial charge in [0.2, 0.25) is 5.82 Å². The first-order valence-electron chi connectivity index (χ1n) is 9.80. The van der Waals surface area contributed by atoms with Gasteiger partial charge in [0, 0.05) is 49.2 Å². The lowest BCUT2D eigenvalue weighted by atomic mass is 9.87. The van der Waals surface area contributed by atoms with Gasteiger partial charge in [-0.15, -0.1) is 0 Å². The maximum absolute atomic E-state index is 14.9. The smallest absolute Gasteiger partial charge is 0.207 e. The first-order valence-corrected chi connectivity index (χ1v) is 10.9. The molecular formula is C21H25FN6S. The molecule has 0 aliphatic carbocycles. The zero-order valence-corrected chi connectivity index (χ0v) is 17.5. The van der Waals surface area contributed by atoms with Gasteiger partial charge in [0.25, 0.3) is 0 Å². The van der Waals surface area contributed by atoms with E-state index in [1.807, 2.05) is 42.1 Å². The van der Waals surface area contributed by atoms with Crippen LogP contribution in [0.5, 0.6) is 0 Å². The summed E-state index contributed by atoms with van der Waals surface area (Å²) in [5, 5.41) is 3.11. The van der Waals surface area contributed by atoms with Gasteiger partial charge in [-0.2, -0.15) is 16.2 Å². The van der Waals surface area contributed by atoms with Crippen LogP contribution in [0.15, 0.2) is 41.3 Å². The van der Waals surface area contributed by atoms with Gasteiger partial charge in [0.05, 0.1) is 5.54 Å². The van der Waals surface area contributed by atoms with Crippen LogP contribution in [0, 0.1) is 12.7 Å². The summed E-state index contributed by atoms with van der Waals surface area (Å²) in [7, 11) is 0. The van der Waals surface area contributed by atoms with Crippen molar-refractivity contribution < 1.29 is 4.39 Å². The standard InChI is InChI=1S/C21H25FN6S/c1-15-11-17(4-6-23-15)21(2)5-3-16(13-27-21)12-24-19-18(22)20(26-14-25-19)28-7-9-29-10-8-28/h3-4,6,11,13-14H,5,7-10,12H2,1-2H3,(H,24,25,26). The number of dihydropyridines is 1. The van der Waals surface area contributed by atoms with Gasteiger partial charge in [0.15, 0.2) is 11.6 Å². The van der Waals surface area contributed by atoms with Crippen LogP contribution < -0.4 is 10.2 Å². The summed E-state index contributed by atoms with van der Waals surface area (Å²) in [6.45, 7) is 6.19. The Kier molecular flexibility index (Phi) is 5.80. The summed E-state index contributed by atoms with van der Waals surface area (Å²) in [5.74, 6) is 2.22. The van der Waals surface area contributed by atoms with Crippen LogP contribution in [0.4, 0.5) is 16.0 Å². The third-order valence-electron chi connectivity index (χ3n) is 5.34. The SMILES string of the molecule is Cc1cc(C2(C)CC=C(CNc3ncnc(N4CCSCC4)c3F)C=N2)ccn1. The summed E-state index contributed by atoms with van der Waals surface area (Å²) in [6.07, 6.45) is 8.05. The van der Waals surface area contributed by atoms with Gasteiger partial charge >= 0.3 is 0 Å². The van der Waals surface area contributed by atoms with E-state index in [2.05, 4.69) is 39.3 Å². The van der Waals surface area contributed by atoms with E-state index in [4.69, 9.17) is 4.99 Å². The number of aliphatic imine (C=N–C) groups is 1. The molecule has 1 atom stereocenters. The fourth-order valence-corrected chi connectivity index (χ4v) is 4.42. The van der Waals surface area contributed by atoms with Crippen LogP contribution in [0.25, 0.3) is 0 Å². The molecular weight excluding hydrogens is 387 g/mol. The van der Waals surface area contributed by atoms with Crippen molar-refractivity contribution in [1.29, 1.82) is 0 Å². The molecule has 152 valence electrons. The molecule has 0 aromatic carbocycles. The number of halogens is 1. The summed E-state index contributed by atoms with van der Waals surface area (Å²) in [6, 6.07) is 4.09. The zero-order chi connectivity index (χ0) is 20.3. The molecule has 1 unspecified atom stereocenters. The molecule has 2 aromatic rings. The van der Waals surface area contributed by atoms with Crippen molar-refractivity contribution in [3.63, 3.8) is 0 Å². The average molecular weight is 413 g/mol. The number of aryl methyl sites for hydroxylation is 1. The highest BCUT2D eigenvalue weighted by atomic mass is 32.2. The topological polar surface area (TPSA) is 66.3 Å². The van der Waals surface area contributed by atoms with Crippen molar-refractivity contribution in [3.8, 4) is 0 Å². The normalized spacial score (nSPS) is 21.8. The Morgan fingerprint density at radius 3 is 2.79 bits per heavy atom. The summed E-state index contributed by atoms with van der Waals surface area (Å²) < 4.78 is 14.9. The molecule has 2 aliphatic heterocycles. The maximum atomic E-state index is 14.9. The molecule has 0 amide bonds. The van der Waals surface area contributed by atoms with Crippen LogP contribution in [0.1, 0.15) is 24.6 Å². The van der Waals surface area contributed by atoms with Gasteiger partial charge in [0.1, 0.15) is 6.33 Å². The van der Waals surface area contributed by atoms with Gasteiger partial charge in [-0.25, -0.2) is 9.97 Å². The lowest BCUT2D eigenvalue weighted by molar-refractivity contribution is 0.501. The molecule has 1 N–H and O–H groups in total. The molecule has 1 fully saturated rings. The largest absolute Gasteiger partial charge is 0.363 e. The van der Waals surface area contributed by atoms with E-state index < -0.39 is 0 Å². The van der Waals surface area contributed by atoms with Gasteiger partial charge < -0.3 is 10.2 Å². The van der Waals surface area contributed by atoms with Crippen LogP contribution in [-0.2, 0) is 5.54 Å². The van der Waals surface area contributed by atoms with Crippen molar-refractivity contribution in [2.45, 2.75) is 25.8 Å². The lowest BCUT2D eigenvalue weighted by Gasteiger charge is -2.28. The molecule has 0 spiro atoms. The van der Waals surface area contributed by atoms with Crippen LogP contribution in [0.2, 0.25) is 0 Å². The predicted octanol–water partition coefficient (Wildman–Crippen LogP) is 3.60. The first-order chi connectivity index (χ1) is 14.0. The molecule has 8 heteroatoms. The summed E-state index contributed by atoms with van der Waals surface area (Å²) in [4.78, 5) is 19.3. The number of hydrogen-bond donors (Lipinski definition) is 1. The monoisotopic (exact) mass is 412 g/mol. The molecule has 4 rings (SSSR count). The number of anilines is 2. The number of rotatable bonds is 5. The number of thioether (sulfide) groups is 1. The number of nitrogens with zero attached hydrogens (tertiary/aromatic N) is 5. The Morgan fingerprint density at radius 2 is 2.07 bits per heavy atom. The van der Waals surface area contributed by atoms with E-state index in [1.165, 1.54) is 6.33 Å². The lowest BCUT2D eigenvalue weighted by Crippen LogP contribution is -2.34. The Hall–Kier alpha value is -2.48. The molecule has 0 saturated carbocycles. The van der Waals surface area contributed by atoms with Crippen molar-refractivity contribution in [1.82, 2.24) is 15.0 Å². The van der Waals surface area contributed by atoms with Gasteiger partial charge in [-0.3, -0.25) is 9.98 Å². The fourth-order valence-electron chi connectivity index (χ4n) is 3.52. The molecule has 2 aliphatic rings. The van der Waals surface area contributed by atoms with Crippen molar-refractivity contribution >= 4 is 29.6 Å². The Balaban J connectivity index is 1.41. The third-order valence-corrected chi connectivity index (χ3v) is 6.28. The predicted molar refractivity (Wildman–Crippen MR) is 118 cm³/mol. The zero-order valence-electron chi connectivity index (χ0n) is 16.7. The molecule has 1 saturated heterocycles. The fraction of sp³-hybridized carbons (Fsp3) is 0.429. The highest BCUT2D eigenvalue weighted by molar-refractivity contribution is 7.99. The average Bonchev–Trinajstić information content (AvgIpc) is 2.75. The van der Waals surface area contributed by atoms with Crippen molar-refractivity contribution in [2.75, 3.05) is 41.4 Å². The van der Waals surface area contributed by atoms with E-state index in [9.17, 15) is 4.39 Å². The minimum absolute atomic E-state index is 0.237. The van der Waals surface area contributed by atoms with E-state index in [0.717, 1.165) is 47.8 Å². The van der Waals surface area contributed by atoms with Crippen molar-refractivity contribution in [2.24, 2.45) is 4.99 Å². The van der Waals surface area contributed by atoms with Gasteiger partial charge in [-0.1, -0.05) is 6.08 Å². The Labute approximate surface area is 174 Å². The third kappa shape index (κ3) is 4.42. The van der Waals surface area contributed by atoms with Crippen LogP contribution in [0.3, 0.4) is 0 Å². The van der Waals surface area contributed by atoms with E-state index in [1.54, 1.807) is 0 Å². The minimum atomic E-state index is -0.384. The number of nitrogens with one attached hydrogen (secondary N) is 1. The van der Waals surface area contributed by atoms with E-state index in [0.29, 0.717) is 12.4 Å². The first kappa shape index (κ1) is 19.8. The van der Waals surface area contributed by atoms with Crippen molar-refractivity contribution in [3.05, 3.63) is 53.4 Å². The molecule has 4 heterocycles. The molecule has 29 heavy (non-hydrogen) atoms. The van der Waals surface area contributed by atoms with E-state index >= 15 is 0 Å². The van der Waals surface area contributed by atoms with E-state index in [-0.39, 0.29) is 17.2 Å². The second-order valence-corrected chi connectivity index (χ2v) is 8.74. The second kappa shape index (κ2) is 8.49. The molecule has 0 radical (unpaired) electrons. The quantitative estimate of drug-likeness (QED) is 0.809. The summed E-state index contributed by atoms with van der Waals surface area (Å²) >= 11 is 1.88. The molecule has 6 nitrogen and oxygen atoms in total. The minimum Gasteiger partial charge on any atom is -0.363 e. The summed E-state index contributed by atoms with van der Waals surface area (Å²) in [5.41, 5.74) is 2.85. The highest BCUT2D eigenvalue weighted by Crippen LogP contribution is 2.32. The second-order valence-electron chi connectivity index (χ2n) is 7.51. The van der Waals surface area contributed by atoms with Crippen LogP contribution in [-0.4, -0.2) is 52.3 Å². The molecule has 0 bridgehead atoms. The number of pyridine rings is 1. The Bertz CT molecular complexity index is 941. The highest BCUT2D eigenvalue weighted by Gasteiger charge is 2.27.